The Kier molecular flexibility index (Phi) is 8.53. The Balaban J connectivity index is 3.91. The first-order valence-corrected chi connectivity index (χ1v) is 4.79. The second-order valence-electron chi connectivity index (χ2n) is 2.45. The Hall–Kier alpha value is -0.638. The van der Waals surface area contributed by atoms with E-state index >= 15 is 0 Å². The van der Waals surface area contributed by atoms with Crippen molar-refractivity contribution in [3.05, 3.63) is 24.3 Å². The van der Waals surface area contributed by atoms with Gasteiger partial charge in [-0.05, 0) is 0 Å². The molecule has 0 aliphatic rings. The van der Waals surface area contributed by atoms with Gasteiger partial charge in [-0.1, -0.05) is 0 Å². The van der Waals surface area contributed by atoms with Gasteiger partial charge < -0.3 is 0 Å². The summed E-state index contributed by atoms with van der Waals surface area (Å²) in [5.74, 6) is 5.74. The van der Waals surface area contributed by atoms with Crippen LogP contribution in [0.15, 0.2) is 24.3 Å². The predicted octanol–water partition coefficient (Wildman–Crippen LogP) is 1.46. The summed E-state index contributed by atoms with van der Waals surface area (Å²) in [5, 5.41) is 0. The van der Waals surface area contributed by atoms with E-state index in [0.717, 1.165) is 5.57 Å². The third-order valence-corrected chi connectivity index (χ3v) is 1.71. The molecular weight excluding hydrogens is 216 g/mol. The first kappa shape index (κ1) is 13.4. The molecule has 0 bridgehead atoms. The quantitative estimate of drug-likeness (QED) is 0.404. The number of hydrogen-bond acceptors (Lipinski definition) is 2. The van der Waals surface area contributed by atoms with E-state index in [1.807, 2.05) is 13.0 Å². The molecule has 2 nitrogen and oxygen atoms in total. The first-order chi connectivity index (χ1) is 6.70. The van der Waals surface area contributed by atoms with E-state index in [1.165, 1.54) is 0 Å². The number of hydrogen-bond donors (Lipinski definition) is 0. The zero-order valence-electron chi connectivity index (χ0n) is 8.50. The third-order valence-electron chi connectivity index (χ3n) is 1.29. The van der Waals surface area contributed by atoms with Crippen molar-refractivity contribution in [1.29, 1.82) is 0 Å². The number of allylic oxidation sites excluding steroid dienone is 1. The molecule has 0 fully saturated rings. The minimum absolute atomic E-state index is 0.558. The van der Waals surface area contributed by atoms with Crippen LogP contribution >= 0.6 is 0 Å². The van der Waals surface area contributed by atoms with Crippen LogP contribution in [0.25, 0.3) is 0 Å². The first-order valence-electron chi connectivity index (χ1n) is 4.16. The van der Waals surface area contributed by atoms with Crippen LogP contribution in [0.1, 0.15) is 6.92 Å². The molecule has 0 atom stereocenters. The molecule has 0 radical (unpaired) electrons. The van der Waals surface area contributed by atoms with Crippen LogP contribution in [-0.2, 0) is 25.3 Å². The molecule has 0 aromatic heterocycles. The maximum atomic E-state index is 5.18. The SMILES string of the molecule is C=CCOC/C=C(\C)C#C[C](=[Cr])OC. The zero-order valence-corrected chi connectivity index (χ0v) is 9.78. The Morgan fingerprint density at radius 2 is 2.14 bits per heavy atom. The molecule has 0 unspecified atom stereocenters. The topological polar surface area (TPSA) is 18.5 Å². The molecule has 0 aromatic carbocycles. The maximum absolute atomic E-state index is 5.18. The fraction of sp³-hybridized carbons (Fsp3) is 0.364. The summed E-state index contributed by atoms with van der Waals surface area (Å²) in [6.45, 7) is 6.60. The van der Waals surface area contributed by atoms with Crippen molar-refractivity contribution in [1.82, 2.24) is 0 Å². The van der Waals surface area contributed by atoms with Gasteiger partial charge in [-0.15, -0.1) is 0 Å². The molecule has 0 saturated carbocycles. The van der Waals surface area contributed by atoms with Crippen LogP contribution in [0, 0.1) is 11.8 Å². The van der Waals surface area contributed by atoms with Crippen LogP contribution in [0.4, 0.5) is 0 Å². The molecule has 0 aliphatic heterocycles. The van der Waals surface area contributed by atoms with Gasteiger partial charge in [-0.3, -0.25) is 0 Å². The number of methoxy groups -OCH3 is 1. The van der Waals surface area contributed by atoms with Crippen molar-refractivity contribution in [2.75, 3.05) is 20.3 Å². The summed E-state index contributed by atoms with van der Waals surface area (Å²) in [6.07, 6.45) is 3.63. The van der Waals surface area contributed by atoms with Gasteiger partial charge in [0.2, 0.25) is 0 Å². The summed E-state index contributed by atoms with van der Waals surface area (Å²) in [7, 11) is 1.58. The summed E-state index contributed by atoms with van der Waals surface area (Å²) in [4.78, 5) is 0. The van der Waals surface area contributed by atoms with E-state index in [2.05, 4.69) is 34.3 Å². The third kappa shape index (κ3) is 7.98. The summed E-state index contributed by atoms with van der Waals surface area (Å²) < 4.78 is 10.6. The zero-order chi connectivity index (χ0) is 10.8. The molecule has 14 heavy (non-hydrogen) atoms. The van der Waals surface area contributed by atoms with E-state index < -0.39 is 0 Å². The van der Waals surface area contributed by atoms with Gasteiger partial charge in [0.15, 0.2) is 0 Å². The average molecular weight is 230 g/mol. The molecule has 0 spiro atoms. The van der Waals surface area contributed by atoms with E-state index in [0.29, 0.717) is 17.8 Å². The normalized spacial score (nSPS) is 10.3. The van der Waals surface area contributed by atoms with Crippen LogP contribution in [0.5, 0.6) is 0 Å². The Morgan fingerprint density at radius 3 is 2.71 bits per heavy atom. The van der Waals surface area contributed by atoms with Gasteiger partial charge in [0, 0.05) is 0 Å². The monoisotopic (exact) mass is 230 g/mol. The van der Waals surface area contributed by atoms with Crippen molar-refractivity contribution in [2.45, 2.75) is 6.92 Å². The van der Waals surface area contributed by atoms with Gasteiger partial charge in [0.25, 0.3) is 0 Å². The molecule has 0 amide bonds. The molecule has 0 aliphatic carbocycles. The van der Waals surface area contributed by atoms with Gasteiger partial charge in [0.05, 0.1) is 0 Å². The van der Waals surface area contributed by atoms with E-state index in [1.54, 1.807) is 13.2 Å². The predicted molar refractivity (Wildman–Crippen MR) is 54.6 cm³/mol. The second-order valence-corrected chi connectivity index (χ2v) is 3.03. The molecule has 76 valence electrons. The summed E-state index contributed by atoms with van der Waals surface area (Å²) in [5.41, 5.74) is 0.957. The van der Waals surface area contributed by atoms with Crippen LogP contribution in [0.2, 0.25) is 0 Å². The number of rotatable bonds is 5. The second kappa shape index (κ2) is 8.94. The molecule has 0 aromatic rings. The van der Waals surface area contributed by atoms with Crippen molar-refractivity contribution < 1.29 is 25.3 Å². The fourth-order valence-corrected chi connectivity index (χ4v) is 0.667. The fourth-order valence-electron chi connectivity index (χ4n) is 0.587. The Morgan fingerprint density at radius 1 is 1.43 bits per heavy atom. The Labute approximate surface area is 93.6 Å². The summed E-state index contributed by atoms with van der Waals surface area (Å²) >= 11 is 2.71. The van der Waals surface area contributed by atoms with E-state index in [9.17, 15) is 0 Å². The average Bonchev–Trinajstić information content (AvgIpc) is 2.21. The molecule has 0 heterocycles. The van der Waals surface area contributed by atoms with Crippen molar-refractivity contribution in [3.8, 4) is 11.8 Å². The van der Waals surface area contributed by atoms with Crippen LogP contribution in [-0.4, -0.2) is 24.9 Å². The van der Waals surface area contributed by atoms with E-state index in [-0.39, 0.29) is 0 Å². The molecule has 0 saturated heterocycles. The van der Waals surface area contributed by atoms with Gasteiger partial charge in [-0.25, -0.2) is 0 Å². The molecule has 0 rings (SSSR count). The Bertz CT molecular complexity index is 281. The molecule has 3 heteroatoms. The van der Waals surface area contributed by atoms with Crippen LogP contribution in [0.3, 0.4) is 0 Å². The van der Waals surface area contributed by atoms with Crippen molar-refractivity contribution >= 4 is 4.57 Å². The molecule has 0 N–H and O–H groups in total. The van der Waals surface area contributed by atoms with E-state index in [4.69, 9.17) is 9.47 Å². The molecular formula is C11H14CrO2. The van der Waals surface area contributed by atoms with Gasteiger partial charge in [-0.2, -0.15) is 0 Å². The van der Waals surface area contributed by atoms with Crippen molar-refractivity contribution in [3.63, 3.8) is 0 Å². The summed E-state index contributed by atoms with van der Waals surface area (Å²) in [6, 6.07) is 0. The number of ether oxygens (including phenoxy) is 2. The van der Waals surface area contributed by atoms with Crippen molar-refractivity contribution in [2.24, 2.45) is 0 Å². The standard InChI is InChI=1S/C11H14O2.Cr/c1-4-8-13-10-7-11(2)6-5-9-12-3;/h4,7H,1,8,10H2,2-3H3;/b11-7+;. The van der Waals surface area contributed by atoms with Gasteiger partial charge >= 0.3 is 93.3 Å². The van der Waals surface area contributed by atoms with Crippen LogP contribution < -0.4 is 0 Å². The minimum atomic E-state index is 0.558. The van der Waals surface area contributed by atoms with Gasteiger partial charge in [0.1, 0.15) is 0 Å².